The number of aryl methyl sites for hydroxylation is 2. The maximum Gasteiger partial charge on any atom is 0.258 e. The molecule has 2 aliphatic rings. The van der Waals surface area contributed by atoms with Crippen LogP contribution in [0.3, 0.4) is 0 Å². The van der Waals surface area contributed by atoms with Crippen molar-refractivity contribution in [3.63, 3.8) is 0 Å². The number of anilines is 1. The van der Waals surface area contributed by atoms with Crippen LogP contribution in [0.1, 0.15) is 53.0 Å². The maximum absolute atomic E-state index is 13.6. The van der Waals surface area contributed by atoms with Gasteiger partial charge in [0, 0.05) is 18.2 Å². The van der Waals surface area contributed by atoms with Gasteiger partial charge in [0.2, 0.25) is 11.7 Å². The molecule has 2 bridgehead atoms. The van der Waals surface area contributed by atoms with Gasteiger partial charge in [0.25, 0.3) is 5.88 Å². The minimum Gasteiger partial charge on any atom is -0.467 e. The lowest BCUT2D eigenvalue weighted by molar-refractivity contribution is 0.0730. The third-order valence-electron chi connectivity index (χ3n) is 5.73. The highest BCUT2D eigenvalue weighted by atomic mass is 16.5. The third-order valence-corrected chi connectivity index (χ3v) is 5.73. The van der Waals surface area contributed by atoms with Crippen LogP contribution in [0.2, 0.25) is 0 Å². The van der Waals surface area contributed by atoms with E-state index in [0.717, 1.165) is 11.1 Å². The van der Waals surface area contributed by atoms with Gasteiger partial charge < -0.3 is 15.2 Å². The zero-order valence-electron chi connectivity index (χ0n) is 17.3. The van der Waals surface area contributed by atoms with Crippen molar-refractivity contribution in [2.45, 2.75) is 38.4 Å². The number of nitrogens with two attached hydrogens (primary N) is 1. The van der Waals surface area contributed by atoms with Crippen molar-refractivity contribution in [2.75, 3.05) is 5.73 Å². The predicted molar refractivity (Wildman–Crippen MR) is 111 cm³/mol. The Bertz CT molecular complexity index is 1290. The van der Waals surface area contributed by atoms with E-state index >= 15 is 0 Å². The number of fused-ring (bicyclic) bond motifs is 5. The Kier molecular flexibility index (Phi) is 4.02. The second-order valence-corrected chi connectivity index (χ2v) is 7.99. The Labute approximate surface area is 178 Å². The van der Waals surface area contributed by atoms with Gasteiger partial charge in [-0.15, -0.1) is 5.10 Å². The van der Waals surface area contributed by atoms with Crippen LogP contribution in [0, 0.1) is 18.3 Å². The topological polar surface area (TPSA) is 129 Å². The number of nitriles is 1. The molecule has 0 radical (unpaired) electrons. The van der Waals surface area contributed by atoms with Crippen LogP contribution in [0.25, 0.3) is 11.3 Å². The zero-order chi connectivity index (χ0) is 21.9. The molecule has 2 N–H and O–H groups in total. The van der Waals surface area contributed by atoms with Crippen molar-refractivity contribution in [3.8, 4) is 29.1 Å². The summed E-state index contributed by atoms with van der Waals surface area (Å²) in [5, 5.41) is 14.1. The molecule has 1 fully saturated rings. The number of hydrogen-bond donors (Lipinski definition) is 1. The highest BCUT2D eigenvalue weighted by Crippen LogP contribution is 2.47. The first-order valence-corrected chi connectivity index (χ1v) is 9.94. The number of rotatable bonds is 0. The molecular weight excluding hydrogens is 396 g/mol. The van der Waals surface area contributed by atoms with Crippen molar-refractivity contribution < 1.29 is 14.3 Å². The number of ether oxygens (including phenoxy) is 2. The van der Waals surface area contributed by atoms with Gasteiger partial charge in [-0.3, -0.25) is 9.48 Å². The average Bonchev–Trinajstić information content (AvgIpc) is 3.45. The van der Waals surface area contributed by atoms with Crippen molar-refractivity contribution in [1.82, 2.24) is 19.7 Å². The minimum absolute atomic E-state index is 0.108. The molecule has 5 rings (SSSR count). The first-order chi connectivity index (χ1) is 14.8. The molecule has 0 amide bonds. The molecule has 3 aromatic rings. The first kappa shape index (κ1) is 19.1. The van der Waals surface area contributed by atoms with Crippen molar-refractivity contribution in [1.29, 1.82) is 5.26 Å². The molecule has 156 valence electrons. The lowest BCUT2D eigenvalue weighted by atomic mass is 9.94. The number of benzene rings is 1. The summed E-state index contributed by atoms with van der Waals surface area (Å²) in [5.41, 5.74) is 8.18. The Hall–Kier alpha value is -3.93. The molecule has 1 atom stereocenters. The van der Waals surface area contributed by atoms with E-state index in [2.05, 4.69) is 21.1 Å². The van der Waals surface area contributed by atoms with Crippen LogP contribution in [0.15, 0.2) is 24.4 Å². The Morgan fingerprint density at radius 2 is 2.10 bits per heavy atom. The summed E-state index contributed by atoms with van der Waals surface area (Å²) in [6, 6.07) is 7.74. The van der Waals surface area contributed by atoms with Gasteiger partial charge in [0.1, 0.15) is 23.4 Å². The van der Waals surface area contributed by atoms with Gasteiger partial charge in [-0.1, -0.05) is 23.8 Å². The SMILES string of the molecule is Cc1ccc2c(c1)[C@@H](C)Oc1nc(cnc1N)-c1c(nn(C)c1C#N)OC1(CC1)C2=O. The van der Waals surface area contributed by atoms with Crippen LogP contribution < -0.4 is 15.2 Å². The molecule has 1 aliphatic carbocycles. The molecule has 1 saturated carbocycles. The fourth-order valence-electron chi connectivity index (χ4n) is 3.89. The summed E-state index contributed by atoms with van der Waals surface area (Å²) in [6.07, 6.45) is 2.06. The van der Waals surface area contributed by atoms with E-state index in [1.54, 1.807) is 13.1 Å². The second kappa shape index (κ2) is 6.54. The monoisotopic (exact) mass is 416 g/mol. The van der Waals surface area contributed by atoms with Gasteiger partial charge in [-0.05, 0) is 26.7 Å². The van der Waals surface area contributed by atoms with Crippen LogP contribution in [-0.4, -0.2) is 31.1 Å². The Morgan fingerprint density at radius 1 is 1.32 bits per heavy atom. The van der Waals surface area contributed by atoms with Gasteiger partial charge in [0.05, 0.1) is 6.20 Å². The fourth-order valence-corrected chi connectivity index (χ4v) is 3.89. The van der Waals surface area contributed by atoms with Gasteiger partial charge >= 0.3 is 0 Å². The number of aromatic nitrogens is 4. The highest BCUT2D eigenvalue weighted by Gasteiger charge is 2.54. The Balaban J connectivity index is 1.78. The largest absolute Gasteiger partial charge is 0.467 e. The summed E-state index contributed by atoms with van der Waals surface area (Å²) in [4.78, 5) is 22.3. The van der Waals surface area contributed by atoms with Crippen LogP contribution >= 0.6 is 0 Å². The maximum atomic E-state index is 13.6. The molecule has 31 heavy (non-hydrogen) atoms. The van der Waals surface area contributed by atoms with E-state index in [0.29, 0.717) is 29.7 Å². The van der Waals surface area contributed by atoms with Crippen molar-refractivity contribution in [3.05, 3.63) is 46.8 Å². The molecular formula is C22H20N6O3. The molecule has 2 aromatic heterocycles. The number of hydrogen-bond acceptors (Lipinski definition) is 8. The van der Waals surface area contributed by atoms with Crippen LogP contribution in [-0.2, 0) is 7.05 Å². The molecule has 3 heterocycles. The molecule has 9 heteroatoms. The number of Topliss-reactive ketones (excluding diaryl/α,β-unsaturated/α-hetero) is 1. The Morgan fingerprint density at radius 3 is 2.81 bits per heavy atom. The van der Waals surface area contributed by atoms with E-state index in [4.69, 9.17) is 15.2 Å². The van der Waals surface area contributed by atoms with Gasteiger partial charge in [-0.2, -0.15) is 5.26 Å². The highest BCUT2D eigenvalue weighted by molar-refractivity contribution is 6.06. The second-order valence-electron chi connectivity index (χ2n) is 7.99. The molecule has 0 unspecified atom stereocenters. The minimum atomic E-state index is -1.02. The van der Waals surface area contributed by atoms with E-state index in [-0.39, 0.29) is 29.1 Å². The number of nitrogen functional groups attached to an aromatic ring is 1. The van der Waals surface area contributed by atoms with Gasteiger partial charge in [-0.25, -0.2) is 9.97 Å². The summed E-state index contributed by atoms with van der Waals surface area (Å²) in [5.74, 6) is 0.260. The van der Waals surface area contributed by atoms with Crippen LogP contribution in [0.4, 0.5) is 5.82 Å². The number of ketones is 1. The average molecular weight is 416 g/mol. The lowest BCUT2D eigenvalue weighted by Gasteiger charge is -2.23. The molecule has 1 spiro atoms. The molecule has 0 saturated heterocycles. The quantitative estimate of drug-likeness (QED) is 0.592. The number of nitrogens with zero attached hydrogens (tertiary/aromatic N) is 5. The van der Waals surface area contributed by atoms with Crippen molar-refractivity contribution in [2.24, 2.45) is 7.05 Å². The van der Waals surface area contributed by atoms with E-state index < -0.39 is 11.7 Å². The van der Waals surface area contributed by atoms with Crippen molar-refractivity contribution >= 4 is 11.6 Å². The molecule has 1 aromatic carbocycles. The number of carbonyl (C=O) groups is 1. The molecule has 9 nitrogen and oxygen atoms in total. The summed E-state index contributed by atoms with van der Waals surface area (Å²) >= 11 is 0. The first-order valence-electron chi connectivity index (χ1n) is 9.94. The van der Waals surface area contributed by atoms with E-state index in [1.807, 2.05) is 26.0 Å². The zero-order valence-corrected chi connectivity index (χ0v) is 17.3. The standard InChI is InChI=1S/C22H20N6O3/c1-11-4-5-13-14(8-11)12(2)30-21-19(24)25-10-15(26-21)17-16(9-23)28(3)27-20(17)31-22(6-7-22)18(13)29/h4-5,8,10,12H,6-7H2,1-3H3,(H2,24,25)/t12-/m1/s1. The van der Waals surface area contributed by atoms with E-state index in [1.165, 1.54) is 10.9 Å². The predicted octanol–water partition coefficient (Wildman–Crippen LogP) is 2.89. The van der Waals surface area contributed by atoms with Gasteiger partial charge in [0.15, 0.2) is 17.1 Å². The van der Waals surface area contributed by atoms with Crippen LogP contribution in [0.5, 0.6) is 11.8 Å². The fraction of sp³-hybridized carbons (Fsp3) is 0.318. The normalized spacial score (nSPS) is 18.5. The summed E-state index contributed by atoms with van der Waals surface area (Å²) in [7, 11) is 1.64. The number of carbonyl (C=O) groups excluding carboxylic acids is 1. The third kappa shape index (κ3) is 2.91. The summed E-state index contributed by atoms with van der Waals surface area (Å²) < 4.78 is 13.7. The smallest absolute Gasteiger partial charge is 0.258 e. The summed E-state index contributed by atoms with van der Waals surface area (Å²) in [6.45, 7) is 3.79. The molecule has 1 aliphatic heterocycles. The van der Waals surface area contributed by atoms with E-state index in [9.17, 15) is 10.1 Å². The lowest BCUT2D eigenvalue weighted by Crippen LogP contribution is -2.31.